The van der Waals surface area contributed by atoms with Crippen LogP contribution in [0.15, 0.2) is 52.4 Å². The number of carbonyl (C=O) groups is 3. The van der Waals surface area contributed by atoms with E-state index < -0.39 is 11.8 Å². The smallest absolute Gasteiger partial charge is 0.286 e. The van der Waals surface area contributed by atoms with E-state index in [2.05, 4.69) is 15.6 Å². The first kappa shape index (κ1) is 21.9. The van der Waals surface area contributed by atoms with Crippen molar-refractivity contribution in [2.24, 2.45) is 4.99 Å². The summed E-state index contributed by atoms with van der Waals surface area (Å²) in [6.45, 7) is 1.08. The number of anilines is 1. The van der Waals surface area contributed by atoms with Crippen LogP contribution in [0, 0.1) is 0 Å². The van der Waals surface area contributed by atoms with Gasteiger partial charge in [0.05, 0.1) is 15.0 Å². The van der Waals surface area contributed by atoms with Crippen LogP contribution < -0.4 is 15.4 Å². The number of para-hydroxylation sites is 1. The molecule has 0 spiro atoms. The number of nitrogens with zero attached hydrogens (tertiary/aromatic N) is 1. The maximum Gasteiger partial charge on any atom is 0.286 e. The molecule has 2 N–H and O–H groups in total. The van der Waals surface area contributed by atoms with E-state index in [1.54, 1.807) is 42.5 Å². The number of hydrogen-bond acceptors (Lipinski definition) is 5. The van der Waals surface area contributed by atoms with Crippen molar-refractivity contribution in [3.8, 4) is 5.75 Å². The van der Waals surface area contributed by atoms with Gasteiger partial charge in [-0.1, -0.05) is 41.4 Å². The highest BCUT2D eigenvalue weighted by Gasteiger charge is 2.23. The van der Waals surface area contributed by atoms with Crippen molar-refractivity contribution in [3.63, 3.8) is 0 Å². The van der Waals surface area contributed by atoms with E-state index in [1.807, 2.05) is 0 Å². The summed E-state index contributed by atoms with van der Waals surface area (Å²) in [6.07, 6.45) is 1.59. The molecule has 0 atom stereocenters. The Balaban J connectivity index is 1.66. The van der Waals surface area contributed by atoms with Crippen molar-refractivity contribution in [1.29, 1.82) is 0 Å². The van der Waals surface area contributed by atoms with E-state index in [0.717, 1.165) is 11.8 Å². The van der Waals surface area contributed by atoms with Crippen molar-refractivity contribution >= 4 is 69.6 Å². The number of carbonyl (C=O) groups excluding carboxylic acids is 3. The lowest BCUT2D eigenvalue weighted by atomic mass is 10.2. The predicted molar refractivity (Wildman–Crippen MR) is 119 cm³/mol. The second-order valence-electron chi connectivity index (χ2n) is 6.02. The minimum absolute atomic E-state index is 0.221. The van der Waals surface area contributed by atoms with Crippen molar-refractivity contribution < 1.29 is 19.1 Å². The van der Waals surface area contributed by atoms with Gasteiger partial charge in [-0.3, -0.25) is 14.4 Å². The molecule has 0 radical (unpaired) electrons. The Hall–Kier alpha value is -2.81. The van der Waals surface area contributed by atoms with Crippen LogP contribution in [0.5, 0.6) is 5.75 Å². The van der Waals surface area contributed by atoms with Gasteiger partial charge in [0.15, 0.2) is 11.8 Å². The molecule has 2 aromatic rings. The molecule has 3 amide bonds. The second-order valence-corrected chi connectivity index (χ2v) is 7.86. The first-order valence-corrected chi connectivity index (χ1v) is 10.2. The highest BCUT2D eigenvalue weighted by atomic mass is 35.5. The number of aliphatic imine (C=N–C) groups is 1. The fourth-order valence-electron chi connectivity index (χ4n) is 2.40. The highest BCUT2D eigenvalue weighted by molar-refractivity contribution is 8.18. The minimum atomic E-state index is -0.462. The highest BCUT2D eigenvalue weighted by Crippen LogP contribution is 2.30. The molecule has 0 saturated carbocycles. The molecule has 0 saturated heterocycles. The number of thioether (sulfide) groups is 1. The normalized spacial score (nSPS) is 14.4. The number of halogens is 2. The Kier molecular flexibility index (Phi) is 7.15. The zero-order chi connectivity index (χ0) is 21.7. The molecule has 0 aromatic heterocycles. The molecular formula is C20H15Cl2N3O4S. The van der Waals surface area contributed by atoms with E-state index in [-0.39, 0.29) is 17.7 Å². The summed E-state index contributed by atoms with van der Waals surface area (Å²) >= 11 is 12.8. The van der Waals surface area contributed by atoms with Gasteiger partial charge in [-0.05, 0) is 42.1 Å². The van der Waals surface area contributed by atoms with Crippen LogP contribution in [-0.4, -0.2) is 29.5 Å². The van der Waals surface area contributed by atoms with Gasteiger partial charge >= 0.3 is 0 Å². The van der Waals surface area contributed by atoms with Crippen LogP contribution in [-0.2, 0) is 14.4 Å². The Bertz CT molecular complexity index is 1090. The number of benzene rings is 2. The van der Waals surface area contributed by atoms with E-state index in [1.165, 1.54) is 13.0 Å². The van der Waals surface area contributed by atoms with E-state index >= 15 is 0 Å². The van der Waals surface area contributed by atoms with Crippen LogP contribution >= 0.6 is 35.0 Å². The standard InChI is InChI=1S/C20H15Cl2N3O4S/c1-11(26)23-20-25-19(28)17(30-20)8-12-4-2-3-5-16(12)29-10-18(27)24-13-6-7-14(21)15(22)9-13/h2-9H,10H2,1H3,(H,24,27)(H,23,25,26,28)/b17-8+. The van der Waals surface area contributed by atoms with Crippen LogP contribution in [0.4, 0.5) is 5.69 Å². The topological polar surface area (TPSA) is 96.9 Å². The van der Waals surface area contributed by atoms with Gasteiger partial charge in [0.2, 0.25) is 5.91 Å². The van der Waals surface area contributed by atoms with Crippen molar-refractivity contribution in [2.45, 2.75) is 6.92 Å². The van der Waals surface area contributed by atoms with Gasteiger partial charge < -0.3 is 15.4 Å². The summed E-state index contributed by atoms with van der Waals surface area (Å²) in [7, 11) is 0. The fraction of sp³-hybridized carbons (Fsp3) is 0.100. The molecule has 154 valence electrons. The molecule has 1 aliphatic rings. The van der Waals surface area contributed by atoms with Gasteiger partial charge in [0.1, 0.15) is 5.75 Å². The average molecular weight is 464 g/mol. The maximum absolute atomic E-state index is 12.2. The molecule has 0 bridgehead atoms. The molecule has 0 unspecified atom stereocenters. The van der Waals surface area contributed by atoms with Crippen LogP contribution in [0.1, 0.15) is 12.5 Å². The number of nitrogens with one attached hydrogen (secondary N) is 2. The van der Waals surface area contributed by atoms with E-state index in [0.29, 0.717) is 32.0 Å². The van der Waals surface area contributed by atoms with Gasteiger partial charge in [-0.15, -0.1) is 0 Å². The van der Waals surface area contributed by atoms with Gasteiger partial charge in [0.25, 0.3) is 11.8 Å². The zero-order valence-electron chi connectivity index (χ0n) is 15.6. The van der Waals surface area contributed by atoms with Crippen LogP contribution in [0.2, 0.25) is 10.0 Å². The monoisotopic (exact) mass is 463 g/mol. The fourth-order valence-corrected chi connectivity index (χ4v) is 3.55. The molecule has 30 heavy (non-hydrogen) atoms. The summed E-state index contributed by atoms with van der Waals surface area (Å²) in [4.78, 5) is 39.5. The molecule has 1 heterocycles. The molecular weight excluding hydrogens is 449 g/mol. The Morgan fingerprint density at radius 3 is 2.63 bits per heavy atom. The lowest BCUT2D eigenvalue weighted by molar-refractivity contribution is -0.118. The summed E-state index contributed by atoms with van der Waals surface area (Å²) in [5.41, 5.74) is 1.08. The van der Waals surface area contributed by atoms with Crippen molar-refractivity contribution in [1.82, 2.24) is 5.32 Å². The third-order valence-corrected chi connectivity index (χ3v) is 5.31. The molecule has 0 fully saturated rings. The number of amidine groups is 1. The van der Waals surface area contributed by atoms with Gasteiger partial charge in [-0.2, -0.15) is 4.99 Å². The third kappa shape index (κ3) is 5.85. The molecule has 1 aliphatic heterocycles. The van der Waals surface area contributed by atoms with Crippen molar-refractivity contribution in [3.05, 3.63) is 63.0 Å². The maximum atomic E-state index is 12.2. The summed E-state index contributed by atoms with van der Waals surface area (Å²) in [6, 6.07) is 11.7. The van der Waals surface area contributed by atoms with Gasteiger partial charge in [0, 0.05) is 18.2 Å². The second kappa shape index (κ2) is 9.80. The molecule has 2 aromatic carbocycles. The number of amides is 3. The largest absolute Gasteiger partial charge is 0.483 e. The minimum Gasteiger partial charge on any atom is -0.483 e. The van der Waals surface area contributed by atoms with E-state index in [9.17, 15) is 14.4 Å². The quantitative estimate of drug-likeness (QED) is 0.649. The Morgan fingerprint density at radius 2 is 1.90 bits per heavy atom. The Morgan fingerprint density at radius 1 is 1.13 bits per heavy atom. The first-order valence-electron chi connectivity index (χ1n) is 8.58. The van der Waals surface area contributed by atoms with Crippen LogP contribution in [0.25, 0.3) is 6.08 Å². The van der Waals surface area contributed by atoms with Gasteiger partial charge in [-0.25, -0.2) is 0 Å². The summed E-state index contributed by atoms with van der Waals surface area (Å²) in [5.74, 6) is -0.753. The van der Waals surface area contributed by atoms with Crippen LogP contribution in [0.3, 0.4) is 0 Å². The number of hydrogen-bond donors (Lipinski definition) is 2. The SMILES string of the molecule is CC(=O)NC1=NC(=O)/C(=C\c2ccccc2OCC(=O)Nc2ccc(Cl)c(Cl)c2)S1. The Labute approximate surface area is 186 Å². The lowest BCUT2D eigenvalue weighted by Gasteiger charge is -2.10. The molecule has 0 aliphatic carbocycles. The zero-order valence-corrected chi connectivity index (χ0v) is 17.9. The molecule has 10 heteroatoms. The third-order valence-electron chi connectivity index (χ3n) is 3.67. The number of ether oxygens (including phenoxy) is 1. The number of rotatable bonds is 5. The summed E-state index contributed by atoms with van der Waals surface area (Å²) in [5, 5.41) is 6.08. The van der Waals surface area contributed by atoms with Crippen molar-refractivity contribution in [2.75, 3.05) is 11.9 Å². The molecule has 7 nitrogen and oxygen atoms in total. The lowest BCUT2D eigenvalue weighted by Crippen LogP contribution is -2.23. The first-order chi connectivity index (χ1) is 14.3. The average Bonchev–Trinajstić information content (AvgIpc) is 3.02. The predicted octanol–water partition coefficient (Wildman–Crippen LogP) is 4.12. The van der Waals surface area contributed by atoms with E-state index in [4.69, 9.17) is 27.9 Å². The molecule has 3 rings (SSSR count). The summed E-state index contributed by atoms with van der Waals surface area (Å²) < 4.78 is 5.62.